The number of hydrogen-bond donors (Lipinski definition) is 0. The van der Waals surface area contributed by atoms with Crippen LogP contribution in [0.25, 0.3) is 0 Å². The Kier molecular flexibility index (Phi) is 3.13. The van der Waals surface area contributed by atoms with Crippen molar-refractivity contribution in [2.75, 3.05) is 0 Å². The monoisotopic (exact) mass is 231 g/mol. The molecule has 0 amide bonds. The molecule has 0 aliphatic heterocycles. The second-order valence-corrected chi connectivity index (χ2v) is 4.56. The van der Waals surface area contributed by atoms with Crippen LogP contribution in [0.5, 0.6) is 0 Å². The number of ketones is 1. The Morgan fingerprint density at radius 3 is 2.76 bits per heavy atom. The Labute approximate surface area is 101 Å². The van der Waals surface area contributed by atoms with Gasteiger partial charge >= 0.3 is 0 Å². The molecule has 0 spiro atoms. The van der Waals surface area contributed by atoms with Gasteiger partial charge in [0.05, 0.1) is 6.54 Å². The van der Waals surface area contributed by atoms with Crippen molar-refractivity contribution in [2.24, 2.45) is 7.05 Å². The summed E-state index contributed by atoms with van der Waals surface area (Å²) >= 11 is 0. The fraction of sp³-hybridized carbons (Fsp3) is 0.385. The van der Waals surface area contributed by atoms with Gasteiger partial charge in [-0.2, -0.15) is 0 Å². The first-order valence-electron chi connectivity index (χ1n) is 5.74. The van der Waals surface area contributed by atoms with E-state index in [2.05, 4.69) is 18.8 Å². The highest BCUT2D eigenvalue weighted by molar-refractivity contribution is 5.95. The van der Waals surface area contributed by atoms with Gasteiger partial charge in [0.15, 0.2) is 5.78 Å². The molecule has 0 fully saturated rings. The second kappa shape index (κ2) is 4.57. The van der Waals surface area contributed by atoms with Crippen LogP contribution in [0.1, 0.15) is 35.9 Å². The Morgan fingerprint density at radius 1 is 1.41 bits per heavy atom. The summed E-state index contributed by atoms with van der Waals surface area (Å²) in [6.45, 7) is 4.51. The summed E-state index contributed by atoms with van der Waals surface area (Å²) in [7, 11) is 1.91. The molecule has 0 bridgehead atoms. The van der Waals surface area contributed by atoms with Gasteiger partial charge < -0.3 is 9.13 Å². The third kappa shape index (κ3) is 2.46. The lowest BCUT2D eigenvalue weighted by Crippen LogP contribution is -2.12. The van der Waals surface area contributed by atoms with E-state index in [0.29, 0.717) is 12.5 Å². The minimum atomic E-state index is 0.116. The quantitative estimate of drug-likeness (QED) is 0.757. The fourth-order valence-electron chi connectivity index (χ4n) is 1.87. The van der Waals surface area contributed by atoms with E-state index in [4.69, 9.17) is 0 Å². The van der Waals surface area contributed by atoms with Crippen molar-refractivity contribution in [2.45, 2.75) is 26.3 Å². The number of imidazole rings is 1. The SMILES string of the molecule is CC(C)c1nccn1CC(=O)c1ccn(C)c1. The highest BCUT2D eigenvalue weighted by atomic mass is 16.1. The van der Waals surface area contributed by atoms with Crippen LogP contribution in [0.15, 0.2) is 30.9 Å². The molecule has 0 unspecified atom stereocenters. The number of aromatic nitrogens is 3. The van der Waals surface area contributed by atoms with Crippen molar-refractivity contribution in [1.82, 2.24) is 14.1 Å². The van der Waals surface area contributed by atoms with Crippen molar-refractivity contribution in [3.8, 4) is 0 Å². The van der Waals surface area contributed by atoms with Gasteiger partial charge in [-0.15, -0.1) is 0 Å². The van der Waals surface area contributed by atoms with Crippen LogP contribution in [-0.2, 0) is 13.6 Å². The molecule has 0 aromatic carbocycles. The Bertz CT molecular complexity index is 522. The predicted octanol–water partition coefficient (Wildman–Crippen LogP) is 2.23. The topological polar surface area (TPSA) is 39.8 Å². The molecule has 0 N–H and O–H groups in total. The average Bonchev–Trinajstić information content (AvgIpc) is 2.86. The summed E-state index contributed by atoms with van der Waals surface area (Å²) in [6.07, 6.45) is 7.32. The maximum atomic E-state index is 12.0. The van der Waals surface area contributed by atoms with Crippen LogP contribution in [0.2, 0.25) is 0 Å². The van der Waals surface area contributed by atoms with Gasteiger partial charge in [-0.3, -0.25) is 4.79 Å². The maximum Gasteiger partial charge on any atom is 0.184 e. The van der Waals surface area contributed by atoms with Crippen LogP contribution in [0.4, 0.5) is 0 Å². The molecule has 2 heterocycles. The normalized spacial score (nSPS) is 11.1. The minimum absolute atomic E-state index is 0.116. The van der Waals surface area contributed by atoms with Gasteiger partial charge in [-0.1, -0.05) is 13.8 Å². The lowest BCUT2D eigenvalue weighted by atomic mass is 10.2. The molecular weight excluding hydrogens is 214 g/mol. The zero-order valence-corrected chi connectivity index (χ0v) is 10.4. The zero-order valence-electron chi connectivity index (χ0n) is 10.4. The molecule has 0 radical (unpaired) electrons. The van der Waals surface area contributed by atoms with Crippen molar-refractivity contribution in [1.29, 1.82) is 0 Å². The summed E-state index contributed by atoms with van der Waals surface area (Å²) in [5.41, 5.74) is 0.746. The number of Topliss-reactive ketones (excluding diaryl/α,β-unsaturated/α-hetero) is 1. The number of nitrogens with zero attached hydrogens (tertiary/aromatic N) is 3. The van der Waals surface area contributed by atoms with Crippen molar-refractivity contribution < 1.29 is 4.79 Å². The van der Waals surface area contributed by atoms with Gasteiger partial charge in [0, 0.05) is 43.3 Å². The number of rotatable bonds is 4. The van der Waals surface area contributed by atoms with E-state index in [0.717, 1.165) is 11.4 Å². The van der Waals surface area contributed by atoms with E-state index >= 15 is 0 Å². The first-order chi connectivity index (χ1) is 8.08. The second-order valence-electron chi connectivity index (χ2n) is 4.56. The molecule has 17 heavy (non-hydrogen) atoms. The molecule has 2 aromatic rings. The van der Waals surface area contributed by atoms with E-state index in [9.17, 15) is 4.79 Å². The number of carbonyl (C=O) groups is 1. The van der Waals surface area contributed by atoms with E-state index in [1.54, 1.807) is 6.20 Å². The highest BCUT2D eigenvalue weighted by Crippen LogP contribution is 2.12. The van der Waals surface area contributed by atoms with E-state index in [1.807, 2.05) is 40.8 Å². The molecule has 0 aliphatic rings. The molecule has 2 aromatic heterocycles. The molecule has 2 rings (SSSR count). The van der Waals surface area contributed by atoms with Crippen molar-refractivity contribution in [3.63, 3.8) is 0 Å². The Hall–Kier alpha value is -1.84. The molecule has 0 atom stereocenters. The van der Waals surface area contributed by atoms with Crippen molar-refractivity contribution >= 4 is 5.78 Å². The first kappa shape index (κ1) is 11.6. The largest absolute Gasteiger partial charge is 0.357 e. The van der Waals surface area contributed by atoms with E-state index < -0.39 is 0 Å². The smallest absolute Gasteiger partial charge is 0.184 e. The zero-order chi connectivity index (χ0) is 12.4. The lowest BCUT2D eigenvalue weighted by molar-refractivity contribution is 0.0971. The molecule has 4 nitrogen and oxygen atoms in total. The molecular formula is C13H17N3O. The molecule has 0 saturated heterocycles. The molecule has 0 aliphatic carbocycles. The first-order valence-corrected chi connectivity index (χ1v) is 5.74. The van der Waals surface area contributed by atoms with Crippen LogP contribution in [-0.4, -0.2) is 19.9 Å². The summed E-state index contributed by atoms with van der Waals surface area (Å²) in [4.78, 5) is 16.3. The number of hydrogen-bond acceptors (Lipinski definition) is 2. The van der Waals surface area contributed by atoms with Gasteiger partial charge in [0.1, 0.15) is 5.82 Å². The Morgan fingerprint density at radius 2 is 2.18 bits per heavy atom. The summed E-state index contributed by atoms with van der Waals surface area (Å²) in [5, 5.41) is 0. The van der Waals surface area contributed by atoms with E-state index in [1.165, 1.54) is 0 Å². The predicted molar refractivity (Wildman–Crippen MR) is 66.1 cm³/mol. The highest BCUT2D eigenvalue weighted by Gasteiger charge is 2.12. The van der Waals surface area contributed by atoms with E-state index in [-0.39, 0.29) is 5.78 Å². The summed E-state index contributed by atoms with van der Waals surface area (Å²) in [5.74, 6) is 1.40. The summed E-state index contributed by atoms with van der Waals surface area (Å²) < 4.78 is 3.80. The van der Waals surface area contributed by atoms with Crippen LogP contribution >= 0.6 is 0 Å². The van der Waals surface area contributed by atoms with Gasteiger partial charge in [-0.25, -0.2) is 4.98 Å². The standard InChI is InChI=1S/C13H17N3O/c1-10(2)13-14-5-7-16(13)9-12(17)11-4-6-15(3)8-11/h4-8,10H,9H2,1-3H3. The lowest BCUT2D eigenvalue weighted by Gasteiger charge is -2.08. The fourth-order valence-corrected chi connectivity index (χ4v) is 1.87. The van der Waals surface area contributed by atoms with Gasteiger partial charge in [0.25, 0.3) is 0 Å². The van der Waals surface area contributed by atoms with Crippen LogP contribution in [0, 0.1) is 0 Å². The van der Waals surface area contributed by atoms with Gasteiger partial charge in [0.2, 0.25) is 0 Å². The number of aryl methyl sites for hydroxylation is 1. The maximum absolute atomic E-state index is 12.0. The van der Waals surface area contributed by atoms with Crippen LogP contribution < -0.4 is 0 Å². The Balaban J connectivity index is 2.16. The number of carbonyl (C=O) groups excluding carboxylic acids is 1. The average molecular weight is 231 g/mol. The van der Waals surface area contributed by atoms with Gasteiger partial charge in [-0.05, 0) is 6.07 Å². The van der Waals surface area contributed by atoms with Crippen molar-refractivity contribution in [3.05, 3.63) is 42.2 Å². The molecule has 4 heteroatoms. The summed E-state index contributed by atoms with van der Waals surface area (Å²) in [6, 6.07) is 1.84. The minimum Gasteiger partial charge on any atom is -0.357 e. The molecule has 90 valence electrons. The third-order valence-corrected chi connectivity index (χ3v) is 2.73. The third-order valence-electron chi connectivity index (χ3n) is 2.73. The molecule has 0 saturated carbocycles. The van der Waals surface area contributed by atoms with Crippen LogP contribution in [0.3, 0.4) is 0 Å².